The van der Waals surface area contributed by atoms with Crippen LogP contribution in [0, 0.1) is 13.8 Å². The fourth-order valence-electron chi connectivity index (χ4n) is 4.98. The van der Waals surface area contributed by atoms with Gasteiger partial charge in [0.15, 0.2) is 0 Å². The number of anilines is 1. The highest BCUT2D eigenvalue weighted by Gasteiger charge is 2.37. The fraction of sp³-hybridized carbons (Fsp3) is 0.235. The number of aryl methyl sites for hydroxylation is 2. The van der Waals surface area contributed by atoms with Crippen LogP contribution in [0.4, 0.5) is 18.9 Å². The number of rotatable bonds is 11. The van der Waals surface area contributed by atoms with Crippen molar-refractivity contribution in [1.82, 2.24) is 10.2 Å². The summed E-state index contributed by atoms with van der Waals surface area (Å²) in [5.74, 6) is -1.30. The Balaban J connectivity index is 1.85. The van der Waals surface area contributed by atoms with Crippen LogP contribution < -0.4 is 9.62 Å². The summed E-state index contributed by atoms with van der Waals surface area (Å²) in [6.07, 6.45) is -4.80. The van der Waals surface area contributed by atoms with Gasteiger partial charge in [0.25, 0.3) is 10.0 Å². The quantitative estimate of drug-likeness (QED) is 0.196. The summed E-state index contributed by atoms with van der Waals surface area (Å²) in [6, 6.07) is 23.5. The molecule has 12 heteroatoms. The lowest BCUT2D eigenvalue weighted by molar-refractivity contribution is -0.139. The molecule has 46 heavy (non-hydrogen) atoms. The Morgan fingerprint density at radius 3 is 2.11 bits per heavy atom. The average Bonchev–Trinajstić information content (AvgIpc) is 3.01. The normalized spacial score (nSPS) is 12.3. The minimum absolute atomic E-state index is 0.0712. The standard InChI is InChI=1S/C34H33ClF3N3O4S/c1-23-12-15-28(16-13-23)46(44,45)41(27-14-17-30(35)29(20-27)34(36,37)38)22-32(42)40(21-26-11-7-8-24(2)18-26)31(33(43)39-3)19-25-9-5-4-6-10-25/h4-18,20,31H,19,21-22H2,1-3H3,(H,39,43)/t31-/m1/s1. The van der Waals surface area contributed by atoms with Gasteiger partial charge in [0, 0.05) is 20.0 Å². The molecule has 242 valence electrons. The van der Waals surface area contributed by atoms with Crippen molar-refractivity contribution < 1.29 is 31.2 Å². The predicted octanol–water partition coefficient (Wildman–Crippen LogP) is 6.56. The van der Waals surface area contributed by atoms with E-state index in [1.165, 1.54) is 24.1 Å². The second kappa shape index (κ2) is 14.4. The van der Waals surface area contributed by atoms with Crippen LogP contribution in [0.5, 0.6) is 0 Å². The van der Waals surface area contributed by atoms with E-state index in [1.807, 2.05) is 25.1 Å². The lowest BCUT2D eigenvalue weighted by atomic mass is 10.0. The summed E-state index contributed by atoms with van der Waals surface area (Å²) >= 11 is 5.86. The van der Waals surface area contributed by atoms with Crippen molar-refractivity contribution in [2.45, 2.75) is 43.9 Å². The number of hydrogen-bond acceptors (Lipinski definition) is 4. The molecule has 0 heterocycles. The second-order valence-corrected chi connectivity index (χ2v) is 13.1. The first-order valence-electron chi connectivity index (χ1n) is 14.3. The van der Waals surface area contributed by atoms with Gasteiger partial charge in [-0.15, -0.1) is 0 Å². The lowest BCUT2D eigenvalue weighted by Crippen LogP contribution is -2.53. The molecule has 0 spiro atoms. The molecule has 7 nitrogen and oxygen atoms in total. The van der Waals surface area contributed by atoms with Crippen molar-refractivity contribution in [3.8, 4) is 0 Å². The summed E-state index contributed by atoms with van der Waals surface area (Å²) in [7, 11) is -3.16. The molecule has 1 N–H and O–H groups in total. The summed E-state index contributed by atoms with van der Waals surface area (Å²) in [5, 5.41) is 1.96. The van der Waals surface area contributed by atoms with E-state index in [-0.39, 0.29) is 17.9 Å². The third-order valence-corrected chi connectivity index (χ3v) is 9.50. The van der Waals surface area contributed by atoms with Gasteiger partial charge < -0.3 is 10.2 Å². The van der Waals surface area contributed by atoms with Gasteiger partial charge in [0.1, 0.15) is 12.6 Å². The van der Waals surface area contributed by atoms with Gasteiger partial charge >= 0.3 is 6.18 Å². The first kappa shape index (κ1) is 34.5. The SMILES string of the molecule is CNC(=O)[C@@H](Cc1ccccc1)N(Cc1cccc(C)c1)C(=O)CN(c1ccc(Cl)c(C(F)(F)F)c1)S(=O)(=O)c1ccc(C)cc1. The van der Waals surface area contributed by atoms with Crippen LogP contribution in [0.2, 0.25) is 5.02 Å². The van der Waals surface area contributed by atoms with Gasteiger partial charge in [-0.25, -0.2) is 8.42 Å². The van der Waals surface area contributed by atoms with Crippen molar-refractivity contribution >= 4 is 39.1 Å². The van der Waals surface area contributed by atoms with E-state index in [0.717, 1.165) is 28.8 Å². The Labute approximate surface area is 271 Å². The second-order valence-electron chi connectivity index (χ2n) is 10.8. The minimum atomic E-state index is -4.90. The number of likely N-dealkylation sites (N-methyl/N-ethyl adjacent to an activating group) is 1. The number of hydrogen-bond donors (Lipinski definition) is 1. The Morgan fingerprint density at radius 2 is 1.50 bits per heavy atom. The van der Waals surface area contributed by atoms with E-state index >= 15 is 0 Å². The molecule has 0 unspecified atom stereocenters. The molecule has 0 fully saturated rings. The molecule has 0 aliphatic carbocycles. The molecular weight excluding hydrogens is 639 g/mol. The molecule has 4 aromatic rings. The highest BCUT2D eigenvalue weighted by molar-refractivity contribution is 7.92. The minimum Gasteiger partial charge on any atom is -0.357 e. The molecule has 0 saturated heterocycles. The largest absolute Gasteiger partial charge is 0.417 e. The number of nitrogens with zero attached hydrogens (tertiary/aromatic N) is 2. The first-order chi connectivity index (χ1) is 21.7. The zero-order valence-electron chi connectivity index (χ0n) is 25.4. The molecule has 0 aromatic heterocycles. The number of alkyl halides is 3. The van der Waals surface area contributed by atoms with Crippen LogP contribution in [-0.2, 0) is 38.8 Å². The highest BCUT2D eigenvalue weighted by Crippen LogP contribution is 2.38. The third kappa shape index (κ3) is 8.27. The highest BCUT2D eigenvalue weighted by atomic mass is 35.5. The molecule has 0 bridgehead atoms. The molecule has 1 atom stereocenters. The van der Waals surface area contributed by atoms with Crippen molar-refractivity contribution in [3.05, 3.63) is 130 Å². The van der Waals surface area contributed by atoms with Crippen LogP contribution in [-0.4, -0.2) is 44.8 Å². The Kier molecular flexibility index (Phi) is 10.8. The van der Waals surface area contributed by atoms with Crippen molar-refractivity contribution in [2.24, 2.45) is 0 Å². The maximum Gasteiger partial charge on any atom is 0.417 e. The lowest BCUT2D eigenvalue weighted by Gasteiger charge is -2.33. The van der Waals surface area contributed by atoms with Gasteiger partial charge in [-0.2, -0.15) is 13.2 Å². The molecule has 4 rings (SSSR count). The topological polar surface area (TPSA) is 86.8 Å². The summed E-state index contributed by atoms with van der Waals surface area (Å²) in [6.45, 7) is 2.65. The summed E-state index contributed by atoms with van der Waals surface area (Å²) < 4.78 is 70.4. The van der Waals surface area contributed by atoms with Gasteiger partial charge in [-0.05, 0) is 55.3 Å². The van der Waals surface area contributed by atoms with Crippen molar-refractivity contribution in [2.75, 3.05) is 17.9 Å². The van der Waals surface area contributed by atoms with Crippen LogP contribution in [0.25, 0.3) is 0 Å². The van der Waals surface area contributed by atoms with Crippen LogP contribution in [0.1, 0.15) is 27.8 Å². The van der Waals surface area contributed by atoms with Gasteiger partial charge in [-0.1, -0.05) is 89.5 Å². The van der Waals surface area contributed by atoms with E-state index in [1.54, 1.807) is 55.5 Å². The molecule has 0 saturated carbocycles. The first-order valence-corrected chi connectivity index (χ1v) is 16.1. The van der Waals surface area contributed by atoms with Crippen LogP contribution in [0.3, 0.4) is 0 Å². The Hall–Kier alpha value is -4.35. The average molecular weight is 672 g/mol. The number of sulfonamides is 1. The van der Waals surface area contributed by atoms with E-state index in [0.29, 0.717) is 15.9 Å². The van der Waals surface area contributed by atoms with Gasteiger partial charge in [0.05, 0.1) is 21.2 Å². The third-order valence-electron chi connectivity index (χ3n) is 7.38. The van der Waals surface area contributed by atoms with Crippen molar-refractivity contribution in [3.63, 3.8) is 0 Å². The summed E-state index contributed by atoms with van der Waals surface area (Å²) in [4.78, 5) is 28.7. The van der Waals surface area contributed by atoms with E-state index in [4.69, 9.17) is 11.6 Å². The zero-order valence-corrected chi connectivity index (χ0v) is 27.0. The number of halogens is 4. The Morgan fingerprint density at radius 1 is 0.848 bits per heavy atom. The number of benzene rings is 4. The smallest absolute Gasteiger partial charge is 0.357 e. The van der Waals surface area contributed by atoms with E-state index in [2.05, 4.69) is 5.32 Å². The molecule has 0 radical (unpaired) electrons. The summed E-state index contributed by atoms with van der Waals surface area (Å²) in [5.41, 5.74) is 1.40. The molecule has 0 aliphatic heterocycles. The zero-order chi connectivity index (χ0) is 33.6. The van der Waals surface area contributed by atoms with Crippen LogP contribution in [0.15, 0.2) is 102 Å². The number of carbonyl (C=O) groups is 2. The monoisotopic (exact) mass is 671 g/mol. The maximum absolute atomic E-state index is 14.3. The maximum atomic E-state index is 14.3. The van der Waals surface area contributed by atoms with E-state index in [9.17, 15) is 31.2 Å². The van der Waals surface area contributed by atoms with Crippen molar-refractivity contribution in [1.29, 1.82) is 0 Å². The molecule has 0 aliphatic rings. The number of carbonyl (C=O) groups excluding carboxylic acids is 2. The number of nitrogens with one attached hydrogen (secondary N) is 1. The van der Waals surface area contributed by atoms with Gasteiger partial charge in [-0.3, -0.25) is 13.9 Å². The van der Waals surface area contributed by atoms with E-state index < -0.39 is 56.9 Å². The fourth-order valence-corrected chi connectivity index (χ4v) is 6.61. The van der Waals surface area contributed by atoms with Crippen LogP contribution >= 0.6 is 11.6 Å². The molecular formula is C34H33ClF3N3O4S. The number of amides is 2. The molecule has 4 aromatic carbocycles. The molecule has 2 amide bonds. The Bertz CT molecular complexity index is 1800. The van der Waals surface area contributed by atoms with Gasteiger partial charge in [0.2, 0.25) is 11.8 Å². The predicted molar refractivity (Wildman–Crippen MR) is 172 cm³/mol.